The maximum Gasteiger partial charge on any atom is 0.120 e. The minimum atomic E-state index is 0.220. The van der Waals surface area contributed by atoms with E-state index < -0.39 is 0 Å². The van der Waals surface area contributed by atoms with Gasteiger partial charge in [0.25, 0.3) is 0 Å². The van der Waals surface area contributed by atoms with Crippen LogP contribution in [-0.2, 0) is 0 Å². The molecule has 0 aliphatic carbocycles. The summed E-state index contributed by atoms with van der Waals surface area (Å²) in [4.78, 5) is 0. The minimum absolute atomic E-state index is 0.220. The smallest absolute Gasteiger partial charge is 0.120 e. The first-order valence-corrected chi connectivity index (χ1v) is 7.66. The molecule has 0 fully saturated rings. The Morgan fingerprint density at radius 1 is 1.16 bits per heavy atom. The van der Waals surface area contributed by atoms with E-state index in [0.29, 0.717) is 0 Å². The molecule has 0 saturated carbocycles. The molecule has 1 atom stereocenters. The van der Waals surface area contributed by atoms with Crippen LogP contribution in [0.1, 0.15) is 51.5 Å². The normalized spacial score (nSPS) is 12.4. The number of benzene rings is 1. The quantitative estimate of drug-likeness (QED) is 0.635. The van der Waals surface area contributed by atoms with Crippen LogP contribution in [0.15, 0.2) is 24.3 Å². The van der Waals surface area contributed by atoms with Gasteiger partial charge in [0.1, 0.15) is 11.9 Å². The Morgan fingerprint density at radius 3 is 2.68 bits per heavy atom. The monoisotopic (exact) mass is 263 g/mol. The van der Waals surface area contributed by atoms with Crippen molar-refractivity contribution in [3.63, 3.8) is 0 Å². The van der Waals surface area contributed by atoms with Gasteiger partial charge in [-0.05, 0) is 44.5 Å². The molecule has 0 aromatic heterocycles. The van der Waals surface area contributed by atoms with Crippen LogP contribution < -0.4 is 10.1 Å². The predicted molar refractivity (Wildman–Crippen MR) is 82.9 cm³/mol. The van der Waals surface area contributed by atoms with Gasteiger partial charge in [-0.1, -0.05) is 44.7 Å². The van der Waals surface area contributed by atoms with Gasteiger partial charge in [0.15, 0.2) is 0 Å². The third-order valence-corrected chi connectivity index (χ3v) is 3.22. The molecular weight excluding hydrogens is 234 g/mol. The molecule has 1 N–H and O–H groups in total. The molecule has 0 bridgehead atoms. The SMILES string of the molecule is CCCCCCCNCC(C)Oc1cccc(C)c1. The lowest BCUT2D eigenvalue weighted by molar-refractivity contribution is 0.217. The zero-order chi connectivity index (χ0) is 13.9. The van der Waals surface area contributed by atoms with Crippen LogP contribution in [-0.4, -0.2) is 19.2 Å². The van der Waals surface area contributed by atoms with Crippen LogP contribution in [0.25, 0.3) is 0 Å². The molecule has 2 heteroatoms. The van der Waals surface area contributed by atoms with Crippen molar-refractivity contribution in [2.24, 2.45) is 0 Å². The molecule has 0 spiro atoms. The lowest BCUT2D eigenvalue weighted by Crippen LogP contribution is -2.29. The Hall–Kier alpha value is -1.02. The molecule has 1 aromatic carbocycles. The average Bonchev–Trinajstić information content (AvgIpc) is 2.37. The molecule has 0 radical (unpaired) electrons. The summed E-state index contributed by atoms with van der Waals surface area (Å²) in [5, 5.41) is 3.47. The molecule has 0 aliphatic heterocycles. The van der Waals surface area contributed by atoms with Gasteiger partial charge in [0.2, 0.25) is 0 Å². The van der Waals surface area contributed by atoms with Crippen molar-refractivity contribution in [2.75, 3.05) is 13.1 Å². The maximum atomic E-state index is 5.88. The molecule has 0 heterocycles. The first kappa shape index (κ1) is 16.0. The fraction of sp³-hybridized carbons (Fsp3) is 0.647. The van der Waals surface area contributed by atoms with E-state index in [1.54, 1.807) is 0 Å². The highest BCUT2D eigenvalue weighted by Crippen LogP contribution is 2.13. The van der Waals surface area contributed by atoms with E-state index in [0.717, 1.165) is 18.8 Å². The number of ether oxygens (including phenoxy) is 1. The third kappa shape index (κ3) is 7.89. The number of aryl methyl sites for hydroxylation is 1. The van der Waals surface area contributed by atoms with Crippen molar-refractivity contribution in [3.8, 4) is 5.75 Å². The van der Waals surface area contributed by atoms with E-state index in [1.165, 1.54) is 37.7 Å². The predicted octanol–water partition coefficient (Wildman–Crippen LogP) is 4.32. The molecule has 1 rings (SSSR count). The van der Waals surface area contributed by atoms with Crippen LogP contribution in [0.4, 0.5) is 0 Å². The minimum Gasteiger partial charge on any atom is -0.489 e. The molecule has 108 valence electrons. The second-order valence-corrected chi connectivity index (χ2v) is 5.36. The largest absolute Gasteiger partial charge is 0.489 e. The van der Waals surface area contributed by atoms with Crippen LogP contribution in [0.5, 0.6) is 5.75 Å². The van der Waals surface area contributed by atoms with Crippen molar-refractivity contribution >= 4 is 0 Å². The van der Waals surface area contributed by atoms with E-state index in [4.69, 9.17) is 4.74 Å². The standard InChI is InChI=1S/C17H29NO/c1-4-5-6-7-8-12-18-14-16(3)19-17-11-9-10-15(2)13-17/h9-11,13,16,18H,4-8,12,14H2,1-3H3. The molecule has 0 amide bonds. The Morgan fingerprint density at radius 2 is 1.95 bits per heavy atom. The molecule has 1 aromatic rings. The Balaban J connectivity index is 2.06. The number of rotatable bonds is 10. The number of unbranched alkanes of at least 4 members (excludes halogenated alkanes) is 4. The lowest BCUT2D eigenvalue weighted by atomic mass is 10.1. The summed E-state index contributed by atoms with van der Waals surface area (Å²) >= 11 is 0. The third-order valence-electron chi connectivity index (χ3n) is 3.22. The molecular formula is C17H29NO. The summed E-state index contributed by atoms with van der Waals surface area (Å²) in [7, 11) is 0. The second kappa shape index (κ2) is 9.85. The van der Waals surface area contributed by atoms with Crippen molar-refractivity contribution in [2.45, 2.75) is 59.0 Å². The topological polar surface area (TPSA) is 21.3 Å². The first-order chi connectivity index (χ1) is 9.22. The molecule has 0 saturated heterocycles. The maximum absolute atomic E-state index is 5.88. The van der Waals surface area contributed by atoms with Crippen LogP contribution in [0, 0.1) is 6.92 Å². The highest BCUT2D eigenvalue weighted by molar-refractivity contribution is 5.27. The molecule has 2 nitrogen and oxygen atoms in total. The van der Waals surface area contributed by atoms with Crippen molar-refractivity contribution in [1.82, 2.24) is 5.32 Å². The van der Waals surface area contributed by atoms with Crippen LogP contribution in [0.2, 0.25) is 0 Å². The van der Waals surface area contributed by atoms with Gasteiger partial charge in [-0.25, -0.2) is 0 Å². The summed E-state index contributed by atoms with van der Waals surface area (Å²) in [6.45, 7) is 8.48. The first-order valence-electron chi connectivity index (χ1n) is 7.66. The highest BCUT2D eigenvalue weighted by atomic mass is 16.5. The van der Waals surface area contributed by atoms with E-state index in [1.807, 2.05) is 12.1 Å². The lowest BCUT2D eigenvalue weighted by Gasteiger charge is -2.15. The van der Waals surface area contributed by atoms with Gasteiger partial charge in [0.05, 0.1) is 0 Å². The summed E-state index contributed by atoms with van der Waals surface area (Å²) in [5.74, 6) is 0.970. The Bertz CT molecular complexity index is 338. The van der Waals surface area contributed by atoms with Gasteiger partial charge in [-0.15, -0.1) is 0 Å². The van der Waals surface area contributed by atoms with E-state index in [2.05, 4.69) is 38.2 Å². The van der Waals surface area contributed by atoms with Crippen molar-refractivity contribution in [1.29, 1.82) is 0 Å². The van der Waals surface area contributed by atoms with E-state index in [-0.39, 0.29) is 6.10 Å². The summed E-state index contributed by atoms with van der Waals surface area (Å²) in [5.41, 5.74) is 1.24. The number of nitrogens with one attached hydrogen (secondary N) is 1. The zero-order valence-corrected chi connectivity index (χ0v) is 12.7. The van der Waals surface area contributed by atoms with Gasteiger partial charge in [0, 0.05) is 6.54 Å². The van der Waals surface area contributed by atoms with E-state index in [9.17, 15) is 0 Å². The van der Waals surface area contributed by atoms with E-state index >= 15 is 0 Å². The average molecular weight is 263 g/mol. The molecule has 1 unspecified atom stereocenters. The van der Waals surface area contributed by atoms with Crippen LogP contribution in [0.3, 0.4) is 0 Å². The van der Waals surface area contributed by atoms with Crippen molar-refractivity contribution in [3.05, 3.63) is 29.8 Å². The number of hydrogen-bond donors (Lipinski definition) is 1. The highest BCUT2D eigenvalue weighted by Gasteiger charge is 2.03. The zero-order valence-electron chi connectivity index (χ0n) is 12.7. The Kier molecular flexibility index (Phi) is 8.31. The second-order valence-electron chi connectivity index (χ2n) is 5.36. The van der Waals surface area contributed by atoms with Gasteiger partial charge < -0.3 is 10.1 Å². The number of hydrogen-bond acceptors (Lipinski definition) is 2. The van der Waals surface area contributed by atoms with Gasteiger partial charge in [-0.2, -0.15) is 0 Å². The fourth-order valence-corrected chi connectivity index (χ4v) is 2.12. The van der Waals surface area contributed by atoms with Gasteiger partial charge >= 0.3 is 0 Å². The van der Waals surface area contributed by atoms with Crippen molar-refractivity contribution < 1.29 is 4.74 Å². The van der Waals surface area contributed by atoms with Gasteiger partial charge in [-0.3, -0.25) is 0 Å². The molecule has 0 aliphatic rings. The fourth-order valence-electron chi connectivity index (χ4n) is 2.12. The summed E-state index contributed by atoms with van der Waals surface area (Å²) in [6, 6.07) is 8.24. The Labute approximate surface area is 118 Å². The summed E-state index contributed by atoms with van der Waals surface area (Å²) < 4.78 is 5.88. The molecule has 19 heavy (non-hydrogen) atoms. The summed E-state index contributed by atoms with van der Waals surface area (Å²) in [6.07, 6.45) is 6.89. The van der Waals surface area contributed by atoms with Crippen LogP contribution >= 0.6 is 0 Å².